The number of rotatable bonds is 3. The first-order valence-electron chi connectivity index (χ1n) is 9.68. The van der Waals surface area contributed by atoms with E-state index in [9.17, 15) is 4.39 Å². The second-order valence-electron chi connectivity index (χ2n) is 7.35. The van der Waals surface area contributed by atoms with Gasteiger partial charge < -0.3 is 19.7 Å². The monoisotopic (exact) mass is 383 g/mol. The Labute approximate surface area is 165 Å². The van der Waals surface area contributed by atoms with E-state index in [-0.39, 0.29) is 12.6 Å². The quantitative estimate of drug-likeness (QED) is 0.650. The normalized spacial score (nSPS) is 19.3. The number of fused-ring (bicyclic) bond motifs is 1. The fourth-order valence-electron chi connectivity index (χ4n) is 4.15. The smallest absolute Gasteiger partial charge is 0.193 e. The van der Waals surface area contributed by atoms with Gasteiger partial charge in [0, 0.05) is 43.7 Å². The van der Waals surface area contributed by atoms with Crippen molar-refractivity contribution in [2.45, 2.75) is 32.4 Å². The molecule has 0 saturated carbocycles. The molecule has 4 rings (SSSR count). The maximum atomic E-state index is 14.0. The Kier molecular flexibility index (Phi) is 5.48. The Bertz CT molecular complexity index is 884. The third-order valence-electron chi connectivity index (χ3n) is 5.52. The predicted octanol–water partition coefficient (Wildman–Crippen LogP) is 3.57. The molecule has 1 unspecified atom stereocenters. The predicted molar refractivity (Wildman–Crippen MR) is 107 cm³/mol. The highest BCUT2D eigenvalue weighted by atomic mass is 19.1. The zero-order valence-electron chi connectivity index (χ0n) is 16.4. The summed E-state index contributed by atoms with van der Waals surface area (Å²) >= 11 is 0. The number of nitrogens with one attached hydrogen (secondary N) is 1. The fraction of sp³-hybridized carbons (Fsp3) is 0.409. The van der Waals surface area contributed by atoms with Gasteiger partial charge >= 0.3 is 0 Å². The topological polar surface area (TPSA) is 46.1 Å². The number of likely N-dealkylation sites (tertiary alicyclic amines) is 1. The maximum Gasteiger partial charge on any atom is 0.193 e. The van der Waals surface area contributed by atoms with Crippen LogP contribution in [0.1, 0.15) is 34.6 Å². The lowest BCUT2D eigenvalue weighted by molar-refractivity contribution is -0.0173. The van der Waals surface area contributed by atoms with Crippen molar-refractivity contribution in [3.05, 3.63) is 64.5 Å². The molecule has 1 N–H and O–H groups in total. The van der Waals surface area contributed by atoms with Crippen LogP contribution in [-0.2, 0) is 17.9 Å². The van der Waals surface area contributed by atoms with Gasteiger partial charge in [-0.3, -0.25) is 4.99 Å². The van der Waals surface area contributed by atoms with E-state index in [1.807, 2.05) is 0 Å². The van der Waals surface area contributed by atoms with Crippen LogP contribution in [0.15, 0.2) is 41.4 Å². The SMILES string of the molecule is CN=C(NCc1cc(F)cc2c1OCOC2)N1CCC(c2ccccc2C)C1. The second kappa shape index (κ2) is 8.19. The number of aryl methyl sites for hydroxylation is 1. The Balaban J connectivity index is 1.44. The third kappa shape index (κ3) is 3.83. The molecule has 6 heteroatoms. The van der Waals surface area contributed by atoms with E-state index < -0.39 is 0 Å². The van der Waals surface area contributed by atoms with E-state index in [2.05, 4.69) is 46.4 Å². The van der Waals surface area contributed by atoms with Crippen molar-refractivity contribution in [1.29, 1.82) is 0 Å². The molecule has 5 nitrogen and oxygen atoms in total. The number of nitrogens with zero attached hydrogens (tertiary/aromatic N) is 2. The van der Waals surface area contributed by atoms with Gasteiger partial charge in [-0.05, 0) is 36.6 Å². The molecular weight excluding hydrogens is 357 g/mol. The summed E-state index contributed by atoms with van der Waals surface area (Å²) in [4.78, 5) is 6.71. The van der Waals surface area contributed by atoms with Crippen molar-refractivity contribution >= 4 is 5.96 Å². The lowest BCUT2D eigenvalue weighted by Crippen LogP contribution is -2.39. The largest absolute Gasteiger partial charge is 0.467 e. The Morgan fingerprint density at radius 2 is 2.18 bits per heavy atom. The molecule has 1 fully saturated rings. The first-order valence-corrected chi connectivity index (χ1v) is 9.68. The van der Waals surface area contributed by atoms with Gasteiger partial charge in [0.25, 0.3) is 0 Å². The lowest BCUT2D eigenvalue weighted by Gasteiger charge is -2.24. The molecule has 0 aliphatic carbocycles. The molecule has 0 radical (unpaired) electrons. The van der Waals surface area contributed by atoms with E-state index in [4.69, 9.17) is 9.47 Å². The molecule has 148 valence electrons. The van der Waals surface area contributed by atoms with Crippen LogP contribution in [-0.4, -0.2) is 37.8 Å². The van der Waals surface area contributed by atoms with Crippen molar-refractivity contribution in [1.82, 2.24) is 10.2 Å². The minimum absolute atomic E-state index is 0.199. The van der Waals surface area contributed by atoms with Crippen molar-refractivity contribution < 1.29 is 13.9 Å². The second-order valence-corrected chi connectivity index (χ2v) is 7.35. The molecule has 2 aliphatic rings. The molecule has 0 spiro atoms. The molecule has 1 saturated heterocycles. The van der Waals surface area contributed by atoms with Crippen LogP contribution in [0.25, 0.3) is 0 Å². The Morgan fingerprint density at radius 3 is 3.00 bits per heavy atom. The summed E-state index contributed by atoms with van der Waals surface area (Å²) < 4.78 is 24.8. The van der Waals surface area contributed by atoms with E-state index in [1.54, 1.807) is 7.05 Å². The number of hydrogen-bond donors (Lipinski definition) is 1. The highest BCUT2D eigenvalue weighted by Crippen LogP contribution is 2.31. The summed E-state index contributed by atoms with van der Waals surface area (Å²) in [6, 6.07) is 11.6. The molecule has 1 atom stereocenters. The molecule has 2 heterocycles. The van der Waals surface area contributed by atoms with E-state index in [0.717, 1.165) is 42.3 Å². The summed E-state index contributed by atoms with van der Waals surface area (Å²) in [6.45, 7) is 5.07. The van der Waals surface area contributed by atoms with Crippen LogP contribution in [0.4, 0.5) is 4.39 Å². The van der Waals surface area contributed by atoms with Gasteiger partial charge in [-0.1, -0.05) is 24.3 Å². The Hall–Kier alpha value is -2.60. The van der Waals surface area contributed by atoms with Crippen LogP contribution in [0, 0.1) is 12.7 Å². The first-order chi connectivity index (χ1) is 13.7. The number of benzene rings is 2. The van der Waals surface area contributed by atoms with Crippen molar-refractivity contribution in [2.24, 2.45) is 4.99 Å². The van der Waals surface area contributed by atoms with Gasteiger partial charge in [-0.25, -0.2) is 4.39 Å². The maximum absolute atomic E-state index is 14.0. The van der Waals surface area contributed by atoms with Crippen LogP contribution in [0.2, 0.25) is 0 Å². The lowest BCUT2D eigenvalue weighted by atomic mass is 9.94. The molecule has 0 amide bonds. The summed E-state index contributed by atoms with van der Waals surface area (Å²) in [5.41, 5.74) is 4.28. The van der Waals surface area contributed by atoms with Crippen molar-refractivity contribution in [3.8, 4) is 5.75 Å². The average Bonchev–Trinajstić information content (AvgIpc) is 3.18. The van der Waals surface area contributed by atoms with Crippen molar-refractivity contribution in [2.75, 3.05) is 26.9 Å². The molecule has 2 aromatic rings. The molecule has 0 bridgehead atoms. The number of halogens is 1. The number of hydrogen-bond acceptors (Lipinski definition) is 3. The minimum Gasteiger partial charge on any atom is -0.467 e. The zero-order valence-corrected chi connectivity index (χ0v) is 16.4. The highest BCUT2D eigenvalue weighted by Gasteiger charge is 2.27. The molecule has 0 aromatic heterocycles. The summed E-state index contributed by atoms with van der Waals surface area (Å²) in [6.07, 6.45) is 1.10. The summed E-state index contributed by atoms with van der Waals surface area (Å²) in [5, 5.41) is 3.38. The Morgan fingerprint density at radius 1 is 1.32 bits per heavy atom. The molecule has 2 aliphatic heterocycles. The van der Waals surface area contributed by atoms with Gasteiger partial charge in [0.1, 0.15) is 11.6 Å². The van der Waals surface area contributed by atoms with Gasteiger partial charge in [-0.15, -0.1) is 0 Å². The summed E-state index contributed by atoms with van der Waals surface area (Å²) in [7, 11) is 1.79. The van der Waals surface area contributed by atoms with E-state index >= 15 is 0 Å². The van der Waals surface area contributed by atoms with Crippen molar-refractivity contribution in [3.63, 3.8) is 0 Å². The van der Waals surface area contributed by atoms with E-state index in [1.165, 1.54) is 23.3 Å². The van der Waals surface area contributed by atoms with Gasteiger partial charge in [-0.2, -0.15) is 0 Å². The fourth-order valence-corrected chi connectivity index (χ4v) is 4.15. The third-order valence-corrected chi connectivity index (χ3v) is 5.52. The van der Waals surface area contributed by atoms with Gasteiger partial charge in [0.15, 0.2) is 12.8 Å². The standard InChI is InChI=1S/C22H26FN3O2/c1-15-5-3-4-6-20(15)16-7-8-26(12-16)22(24-2)25-11-17-9-19(23)10-18-13-27-14-28-21(17)18/h3-6,9-10,16H,7-8,11-14H2,1-2H3,(H,24,25). The molecule has 2 aromatic carbocycles. The van der Waals surface area contributed by atoms with Gasteiger partial charge in [0.2, 0.25) is 0 Å². The molecule has 28 heavy (non-hydrogen) atoms. The number of aliphatic imine (C=N–C) groups is 1. The van der Waals surface area contributed by atoms with E-state index in [0.29, 0.717) is 19.1 Å². The number of ether oxygens (including phenoxy) is 2. The average molecular weight is 383 g/mol. The zero-order chi connectivity index (χ0) is 19.5. The van der Waals surface area contributed by atoms with Gasteiger partial charge in [0.05, 0.1) is 6.61 Å². The van der Waals surface area contributed by atoms with Crippen LogP contribution in [0.3, 0.4) is 0 Å². The summed E-state index contributed by atoms with van der Waals surface area (Å²) in [5.74, 6) is 1.78. The van der Waals surface area contributed by atoms with Crippen LogP contribution >= 0.6 is 0 Å². The van der Waals surface area contributed by atoms with Crippen LogP contribution in [0.5, 0.6) is 5.75 Å². The highest BCUT2D eigenvalue weighted by molar-refractivity contribution is 5.80. The minimum atomic E-state index is -0.277. The van der Waals surface area contributed by atoms with Crippen LogP contribution < -0.4 is 10.1 Å². The molecular formula is C22H26FN3O2. The number of guanidine groups is 1. The first kappa shape index (κ1) is 18.7.